The maximum Gasteiger partial charge on any atom is 0.232 e. The number of likely N-dealkylation sites (tertiary alicyclic amines) is 1. The van der Waals surface area contributed by atoms with E-state index in [4.69, 9.17) is 0 Å². The number of benzene rings is 3. The molecule has 1 aliphatic heterocycles. The number of carbonyl (C=O) groups excluding carboxylic acids is 2. The fourth-order valence-corrected chi connectivity index (χ4v) is 3.76. The monoisotopic (exact) mass is 372 g/mol. The predicted molar refractivity (Wildman–Crippen MR) is 112 cm³/mol. The molecule has 0 aromatic heterocycles. The number of fused-ring (bicyclic) bond motifs is 1. The summed E-state index contributed by atoms with van der Waals surface area (Å²) in [7, 11) is 0. The van der Waals surface area contributed by atoms with Crippen molar-refractivity contribution in [2.24, 2.45) is 0 Å². The molecular formula is C24H24N2O2. The molecule has 1 heterocycles. The standard InChI is InChI=1S/C24H24N2O2/c1-18-11-13-21(14-12-18)26(17-25-15-5-10-23(25)27)24(28)16-20-8-4-7-19-6-2-3-9-22(19)20/h2-4,6-9,11-14H,5,10,15-17H2,1H3. The first-order valence-electron chi connectivity index (χ1n) is 9.73. The van der Waals surface area contributed by atoms with Crippen LogP contribution < -0.4 is 4.90 Å². The van der Waals surface area contributed by atoms with Crippen LogP contribution in [0.15, 0.2) is 66.7 Å². The Balaban J connectivity index is 1.64. The van der Waals surface area contributed by atoms with Crippen LogP contribution in [0, 0.1) is 6.92 Å². The van der Waals surface area contributed by atoms with Crippen molar-refractivity contribution < 1.29 is 9.59 Å². The lowest BCUT2D eigenvalue weighted by Crippen LogP contribution is -2.43. The molecule has 0 spiro atoms. The third-order valence-electron chi connectivity index (χ3n) is 5.35. The Morgan fingerprint density at radius 1 is 1.00 bits per heavy atom. The van der Waals surface area contributed by atoms with Crippen LogP contribution in [0.4, 0.5) is 5.69 Å². The van der Waals surface area contributed by atoms with Crippen molar-refractivity contribution >= 4 is 28.3 Å². The van der Waals surface area contributed by atoms with Gasteiger partial charge in [0.1, 0.15) is 6.67 Å². The Morgan fingerprint density at radius 2 is 1.75 bits per heavy atom. The van der Waals surface area contributed by atoms with Crippen molar-refractivity contribution in [3.8, 4) is 0 Å². The number of hydrogen-bond acceptors (Lipinski definition) is 2. The van der Waals surface area contributed by atoms with E-state index in [1.807, 2.05) is 55.5 Å². The van der Waals surface area contributed by atoms with Gasteiger partial charge in [0.15, 0.2) is 0 Å². The smallest absolute Gasteiger partial charge is 0.232 e. The quantitative estimate of drug-likeness (QED) is 0.670. The fraction of sp³-hybridized carbons (Fsp3) is 0.250. The molecule has 3 aromatic carbocycles. The highest BCUT2D eigenvalue weighted by Gasteiger charge is 2.26. The molecule has 1 fully saturated rings. The summed E-state index contributed by atoms with van der Waals surface area (Å²) in [6.45, 7) is 3.05. The first-order valence-corrected chi connectivity index (χ1v) is 9.73. The van der Waals surface area contributed by atoms with Gasteiger partial charge in [-0.1, -0.05) is 60.2 Å². The van der Waals surface area contributed by atoms with E-state index < -0.39 is 0 Å². The van der Waals surface area contributed by atoms with E-state index in [2.05, 4.69) is 18.2 Å². The normalized spacial score (nSPS) is 13.9. The van der Waals surface area contributed by atoms with Crippen LogP contribution in [0.25, 0.3) is 10.8 Å². The average molecular weight is 372 g/mol. The van der Waals surface area contributed by atoms with Crippen LogP contribution in [0.2, 0.25) is 0 Å². The van der Waals surface area contributed by atoms with E-state index in [9.17, 15) is 9.59 Å². The summed E-state index contributed by atoms with van der Waals surface area (Å²) < 4.78 is 0. The Bertz CT molecular complexity index is 1010. The minimum Gasteiger partial charge on any atom is -0.324 e. The van der Waals surface area contributed by atoms with Crippen LogP contribution in [0.5, 0.6) is 0 Å². The lowest BCUT2D eigenvalue weighted by atomic mass is 10.0. The molecule has 1 saturated heterocycles. The minimum atomic E-state index is -0.0000869. The first kappa shape index (κ1) is 18.2. The summed E-state index contributed by atoms with van der Waals surface area (Å²) in [4.78, 5) is 29.0. The van der Waals surface area contributed by atoms with Crippen LogP contribution in [0.3, 0.4) is 0 Å². The molecular weight excluding hydrogens is 348 g/mol. The SMILES string of the molecule is Cc1ccc(N(CN2CCCC2=O)C(=O)Cc2cccc3ccccc23)cc1. The molecule has 142 valence electrons. The lowest BCUT2D eigenvalue weighted by Gasteiger charge is -2.28. The van der Waals surface area contributed by atoms with Gasteiger partial charge in [0.05, 0.1) is 6.42 Å². The largest absolute Gasteiger partial charge is 0.324 e. The zero-order valence-corrected chi connectivity index (χ0v) is 16.1. The summed E-state index contributed by atoms with van der Waals surface area (Å²) in [6.07, 6.45) is 1.73. The zero-order valence-electron chi connectivity index (χ0n) is 16.1. The maximum atomic E-state index is 13.3. The number of hydrogen-bond donors (Lipinski definition) is 0. The molecule has 1 aliphatic rings. The van der Waals surface area contributed by atoms with Crippen LogP contribution >= 0.6 is 0 Å². The van der Waals surface area contributed by atoms with Gasteiger partial charge in [-0.2, -0.15) is 0 Å². The van der Waals surface area contributed by atoms with Gasteiger partial charge in [0.25, 0.3) is 0 Å². The van der Waals surface area contributed by atoms with E-state index in [0.717, 1.165) is 34.0 Å². The number of aryl methyl sites for hydroxylation is 1. The topological polar surface area (TPSA) is 40.6 Å². The molecule has 0 aliphatic carbocycles. The number of carbonyl (C=O) groups is 2. The van der Waals surface area contributed by atoms with Gasteiger partial charge in [0, 0.05) is 18.7 Å². The number of rotatable bonds is 5. The van der Waals surface area contributed by atoms with Gasteiger partial charge in [-0.25, -0.2) is 0 Å². The molecule has 4 nitrogen and oxygen atoms in total. The molecule has 4 rings (SSSR count). The predicted octanol–water partition coefficient (Wildman–Crippen LogP) is 4.30. The molecule has 2 amide bonds. The van der Waals surface area contributed by atoms with E-state index >= 15 is 0 Å². The third-order valence-corrected chi connectivity index (χ3v) is 5.35. The van der Waals surface area contributed by atoms with Gasteiger partial charge in [-0.05, 0) is 41.8 Å². The van der Waals surface area contributed by atoms with Gasteiger partial charge < -0.3 is 4.90 Å². The number of anilines is 1. The van der Waals surface area contributed by atoms with Gasteiger partial charge in [0.2, 0.25) is 11.8 Å². The van der Waals surface area contributed by atoms with Crippen molar-refractivity contribution in [2.45, 2.75) is 26.2 Å². The molecule has 0 unspecified atom stereocenters. The highest BCUT2D eigenvalue weighted by molar-refractivity contribution is 5.98. The summed E-state index contributed by atoms with van der Waals surface area (Å²) in [5.41, 5.74) is 2.98. The van der Waals surface area contributed by atoms with Gasteiger partial charge in [-0.15, -0.1) is 0 Å². The Morgan fingerprint density at radius 3 is 2.50 bits per heavy atom. The van der Waals surface area contributed by atoms with Crippen molar-refractivity contribution in [3.05, 3.63) is 77.9 Å². The molecule has 0 radical (unpaired) electrons. The van der Waals surface area contributed by atoms with Crippen LogP contribution in [-0.2, 0) is 16.0 Å². The fourth-order valence-electron chi connectivity index (χ4n) is 3.76. The minimum absolute atomic E-state index is 0.0000869. The molecule has 0 N–H and O–H groups in total. The first-order chi connectivity index (χ1) is 13.6. The van der Waals surface area contributed by atoms with Crippen molar-refractivity contribution in [1.29, 1.82) is 0 Å². The van der Waals surface area contributed by atoms with Crippen molar-refractivity contribution in [2.75, 3.05) is 18.1 Å². The van der Waals surface area contributed by atoms with Crippen molar-refractivity contribution in [3.63, 3.8) is 0 Å². The van der Waals surface area contributed by atoms with E-state index in [1.165, 1.54) is 0 Å². The average Bonchev–Trinajstić information content (AvgIpc) is 3.12. The highest BCUT2D eigenvalue weighted by Crippen LogP contribution is 2.23. The maximum absolute atomic E-state index is 13.3. The summed E-state index contributed by atoms with van der Waals surface area (Å²) in [5.74, 6) is 0.120. The lowest BCUT2D eigenvalue weighted by molar-refractivity contribution is -0.128. The molecule has 0 saturated carbocycles. The summed E-state index contributed by atoms with van der Waals surface area (Å²) in [6, 6.07) is 22.1. The summed E-state index contributed by atoms with van der Waals surface area (Å²) in [5, 5.41) is 2.23. The second-order valence-electron chi connectivity index (χ2n) is 7.37. The van der Waals surface area contributed by atoms with E-state index in [1.54, 1.807) is 9.80 Å². The number of nitrogens with zero attached hydrogens (tertiary/aromatic N) is 2. The molecule has 0 bridgehead atoms. The van der Waals surface area contributed by atoms with Gasteiger partial charge >= 0.3 is 0 Å². The summed E-state index contributed by atoms with van der Waals surface area (Å²) >= 11 is 0. The van der Waals surface area contributed by atoms with Crippen LogP contribution in [0.1, 0.15) is 24.0 Å². The molecule has 3 aromatic rings. The number of amides is 2. The zero-order chi connectivity index (χ0) is 19.5. The third kappa shape index (κ3) is 3.77. The molecule has 28 heavy (non-hydrogen) atoms. The Kier molecular flexibility index (Phi) is 5.11. The molecule has 0 atom stereocenters. The highest BCUT2D eigenvalue weighted by atomic mass is 16.2. The second-order valence-corrected chi connectivity index (χ2v) is 7.37. The molecule has 4 heteroatoms. The van der Waals surface area contributed by atoms with E-state index in [-0.39, 0.29) is 11.8 Å². The van der Waals surface area contributed by atoms with Crippen LogP contribution in [-0.4, -0.2) is 29.9 Å². The van der Waals surface area contributed by atoms with Gasteiger partial charge in [-0.3, -0.25) is 14.5 Å². The van der Waals surface area contributed by atoms with Crippen molar-refractivity contribution in [1.82, 2.24) is 4.90 Å². The Labute approximate surface area is 165 Å². The van der Waals surface area contributed by atoms with E-state index in [0.29, 0.717) is 26.1 Å². The Hall–Kier alpha value is -3.14. The second kappa shape index (κ2) is 7.85.